The van der Waals surface area contributed by atoms with E-state index >= 15 is 0 Å². The zero-order valence-corrected chi connectivity index (χ0v) is 14.6. The summed E-state index contributed by atoms with van der Waals surface area (Å²) in [5, 5.41) is 4.07. The van der Waals surface area contributed by atoms with E-state index in [4.69, 9.17) is 4.52 Å². The van der Waals surface area contributed by atoms with E-state index in [0.29, 0.717) is 29.5 Å². The molecule has 26 heavy (non-hydrogen) atoms. The van der Waals surface area contributed by atoms with Gasteiger partial charge in [-0.25, -0.2) is 4.39 Å². The first-order valence-electron chi connectivity index (χ1n) is 8.49. The Morgan fingerprint density at radius 2 is 1.96 bits per heavy atom. The van der Waals surface area contributed by atoms with Crippen LogP contribution in [-0.4, -0.2) is 22.6 Å². The number of carbonyl (C=O) groups excluding carboxylic acids is 1. The minimum atomic E-state index is -0.319. The number of carbonyl (C=O) groups is 1. The number of halogens is 1. The summed E-state index contributed by atoms with van der Waals surface area (Å²) in [6.07, 6.45) is 0.280. The van der Waals surface area contributed by atoms with Crippen LogP contribution in [0.5, 0.6) is 0 Å². The van der Waals surface area contributed by atoms with Crippen LogP contribution in [0.1, 0.15) is 29.3 Å². The molecule has 1 atom stereocenters. The van der Waals surface area contributed by atoms with E-state index in [1.54, 1.807) is 24.0 Å². The van der Waals surface area contributed by atoms with Crippen molar-refractivity contribution in [1.82, 2.24) is 10.1 Å². The van der Waals surface area contributed by atoms with Gasteiger partial charge >= 0.3 is 0 Å². The molecule has 132 valence electrons. The fraction of sp³-hybridized carbons (Fsp3) is 0.250. The van der Waals surface area contributed by atoms with Gasteiger partial charge in [0.05, 0.1) is 0 Å². The van der Waals surface area contributed by atoms with Crippen LogP contribution in [0.2, 0.25) is 0 Å². The van der Waals surface area contributed by atoms with Gasteiger partial charge in [0, 0.05) is 30.1 Å². The molecular weight excluding hydrogens is 333 g/mol. The highest BCUT2D eigenvalue weighted by Crippen LogP contribution is 2.32. The Balaban J connectivity index is 1.58. The lowest BCUT2D eigenvalue weighted by Gasteiger charge is -2.16. The number of hydrogen-bond donors (Lipinski definition) is 0. The monoisotopic (exact) mass is 351 g/mol. The van der Waals surface area contributed by atoms with Crippen molar-refractivity contribution in [3.05, 3.63) is 65.2 Å². The number of anilines is 1. The lowest BCUT2D eigenvalue weighted by Crippen LogP contribution is -2.24. The van der Waals surface area contributed by atoms with Gasteiger partial charge in [-0.1, -0.05) is 29.4 Å². The maximum Gasteiger partial charge on any atom is 0.258 e. The van der Waals surface area contributed by atoms with Crippen molar-refractivity contribution >= 4 is 11.6 Å². The van der Waals surface area contributed by atoms with Crippen molar-refractivity contribution in [2.75, 3.05) is 11.4 Å². The van der Waals surface area contributed by atoms with Crippen LogP contribution in [0.4, 0.5) is 10.1 Å². The highest BCUT2D eigenvalue weighted by atomic mass is 19.1. The Kier molecular flexibility index (Phi) is 4.03. The van der Waals surface area contributed by atoms with Crippen molar-refractivity contribution in [3.8, 4) is 11.5 Å². The van der Waals surface area contributed by atoms with Crippen LogP contribution in [0.3, 0.4) is 0 Å². The van der Waals surface area contributed by atoms with E-state index in [0.717, 1.165) is 11.1 Å². The third-order valence-electron chi connectivity index (χ3n) is 4.77. The molecule has 0 N–H and O–H groups in total. The molecule has 2 heterocycles. The molecular formula is C20H18FN3O2. The summed E-state index contributed by atoms with van der Waals surface area (Å²) < 4.78 is 19.2. The topological polar surface area (TPSA) is 59.2 Å². The van der Waals surface area contributed by atoms with Crippen molar-refractivity contribution in [1.29, 1.82) is 0 Å². The molecule has 1 fully saturated rings. The van der Waals surface area contributed by atoms with E-state index in [2.05, 4.69) is 10.1 Å². The molecule has 0 radical (unpaired) electrons. The lowest BCUT2D eigenvalue weighted by atomic mass is 10.1. The van der Waals surface area contributed by atoms with E-state index in [-0.39, 0.29) is 24.1 Å². The summed E-state index contributed by atoms with van der Waals surface area (Å²) >= 11 is 0. The second-order valence-electron chi connectivity index (χ2n) is 6.61. The molecule has 5 nitrogen and oxygen atoms in total. The number of rotatable bonds is 3. The Bertz CT molecular complexity index is 983. The van der Waals surface area contributed by atoms with Crippen LogP contribution < -0.4 is 4.90 Å². The van der Waals surface area contributed by atoms with Crippen LogP contribution in [0, 0.1) is 19.7 Å². The van der Waals surface area contributed by atoms with Crippen molar-refractivity contribution in [2.24, 2.45) is 0 Å². The van der Waals surface area contributed by atoms with Gasteiger partial charge in [-0.05, 0) is 43.2 Å². The third-order valence-corrected chi connectivity index (χ3v) is 4.77. The fourth-order valence-corrected chi connectivity index (χ4v) is 3.20. The molecule has 4 rings (SSSR count). The zero-order chi connectivity index (χ0) is 18.3. The predicted molar refractivity (Wildman–Crippen MR) is 95.3 cm³/mol. The van der Waals surface area contributed by atoms with Crippen LogP contribution in [0.25, 0.3) is 11.5 Å². The van der Waals surface area contributed by atoms with Crippen LogP contribution in [0.15, 0.2) is 47.0 Å². The first kappa shape index (κ1) is 16.4. The SMILES string of the molecule is Cc1ccc(N2CC(c3noc(-c4ccccc4C)n3)CC2=O)cc1F. The molecule has 1 aliphatic rings. The van der Waals surface area contributed by atoms with Gasteiger partial charge in [-0.3, -0.25) is 4.79 Å². The Hall–Kier alpha value is -3.02. The Morgan fingerprint density at radius 3 is 2.73 bits per heavy atom. The molecule has 2 aromatic carbocycles. The van der Waals surface area contributed by atoms with Crippen molar-refractivity contribution in [3.63, 3.8) is 0 Å². The quantitative estimate of drug-likeness (QED) is 0.715. The summed E-state index contributed by atoms with van der Waals surface area (Å²) in [7, 11) is 0. The number of aromatic nitrogens is 2. The third kappa shape index (κ3) is 2.87. The molecule has 6 heteroatoms. The molecule has 3 aromatic rings. The summed E-state index contributed by atoms with van der Waals surface area (Å²) in [5.41, 5.74) is 3.04. The highest BCUT2D eigenvalue weighted by Gasteiger charge is 2.35. The molecule has 0 bridgehead atoms. The highest BCUT2D eigenvalue weighted by molar-refractivity contribution is 5.96. The minimum absolute atomic E-state index is 0.0690. The first-order chi connectivity index (χ1) is 12.5. The van der Waals surface area contributed by atoms with E-state index in [1.165, 1.54) is 6.07 Å². The first-order valence-corrected chi connectivity index (χ1v) is 8.49. The Morgan fingerprint density at radius 1 is 1.15 bits per heavy atom. The number of nitrogens with zero attached hydrogens (tertiary/aromatic N) is 3. The minimum Gasteiger partial charge on any atom is -0.334 e. The average Bonchev–Trinajstić information content (AvgIpc) is 3.25. The normalized spacial score (nSPS) is 17.1. The second-order valence-corrected chi connectivity index (χ2v) is 6.61. The lowest BCUT2D eigenvalue weighted by molar-refractivity contribution is -0.117. The molecule has 1 aromatic heterocycles. The number of hydrogen-bond acceptors (Lipinski definition) is 4. The summed E-state index contributed by atoms with van der Waals surface area (Å²) in [6.45, 7) is 4.08. The van der Waals surface area contributed by atoms with E-state index in [9.17, 15) is 9.18 Å². The number of aryl methyl sites for hydroxylation is 2. The van der Waals surface area contributed by atoms with Crippen molar-refractivity contribution < 1.29 is 13.7 Å². The van der Waals surface area contributed by atoms with Crippen LogP contribution in [-0.2, 0) is 4.79 Å². The average molecular weight is 351 g/mol. The van der Waals surface area contributed by atoms with Gasteiger partial charge < -0.3 is 9.42 Å². The standard InChI is InChI=1S/C20H18FN3O2/c1-12-5-3-4-6-16(12)20-22-19(23-26-20)14-9-18(25)24(11-14)15-8-7-13(2)17(21)10-15/h3-8,10,14H,9,11H2,1-2H3. The van der Waals surface area contributed by atoms with Gasteiger partial charge in [-0.2, -0.15) is 4.98 Å². The van der Waals surface area contributed by atoms with Gasteiger partial charge in [0.25, 0.3) is 5.89 Å². The van der Waals surface area contributed by atoms with Gasteiger partial charge in [0.15, 0.2) is 5.82 Å². The van der Waals surface area contributed by atoms with Crippen LogP contribution >= 0.6 is 0 Å². The maximum atomic E-state index is 13.8. The second kappa shape index (κ2) is 6.37. The molecule has 1 saturated heterocycles. The van der Waals surface area contributed by atoms with Gasteiger partial charge in [0.1, 0.15) is 5.82 Å². The van der Waals surface area contributed by atoms with Crippen molar-refractivity contribution in [2.45, 2.75) is 26.2 Å². The maximum absolute atomic E-state index is 13.8. The van der Waals surface area contributed by atoms with Gasteiger partial charge in [-0.15, -0.1) is 0 Å². The molecule has 0 aliphatic carbocycles. The summed E-state index contributed by atoms with van der Waals surface area (Å²) in [6, 6.07) is 12.6. The largest absolute Gasteiger partial charge is 0.334 e. The molecule has 1 unspecified atom stereocenters. The van der Waals surface area contributed by atoms with E-state index < -0.39 is 0 Å². The zero-order valence-electron chi connectivity index (χ0n) is 14.6. The number of benzene rings is 2. The number of amides is 1. The smallest absolute Gasteiger partial charge is 0.258 e. The molecule has 0 saturated carbocycles. The Labute approximate surface area is 150 Å². The van der Waals surface area contributed by atoms with E-state index in [1.807, 2.05) is 31.2 Å². The summed E-state index contributed by atoms with van der Waals surface area (Å²) in [5.74, 6) is 0.395. The molecule has 1 aliphatic heterocycles. The molecule has 0 spiro atoms. The summed E-state index contributed by atoms with van der Waals surface area (Å²) in [4.78, 5) is 18.5. The predicted octanol–water partition coefficient (Wildman–Crippen LogP) is 4.01. The fourth-order valence-electron chi connectivity index (χ4n) is 3.20. The van der Waals surface area contributed by atoms with Gasteiger partial charge in [0.2, 0.25) is 5.91 Å². The molecule has 1 amide bonds.